The number of anilines is 1. The zero-order valence-electron chi connectivity index (χ0n) is 11.6. The lowest BCUT2D eigenvalue weighted by Gasteiger charge is -2.09. The molecule has 106 valence electrons. The van der Waals surface area contributed by atoms with Crippen molar-refractivity contribution in [3.63, 3.8) is 0 Å². The first-order valence-corrected chi connectivity index (χ1v) is 8.00. The molecule has 2 N–H and O–H groups in total. The van der Waals surface area contributed by atoms with Crippen molar-refractivity contribution in [3.05, 3.63) is 58.3 Å². The van der Waals surface area contributed by atoms with Gasteiger partial charge in [-0.25, -0.2) is 4.98 Å². The molecular weight excluding hydrogens is 326 g/mol. The van der Waals surface area contributed by atoms with E-state index in [1.165, 1.54) is 29.7 Å². The number of nitrogen functional groups attached to an aromatic ring is 1. The third-order valence-electron chi connectivity index (χ3n) is 4.00. The quantitative estimate of drug-likeness (QED) is 0.721. The summed E-state index contributed by atoms with van der Waals surface area (Å²) in [6.07, 6.45) is 2.50. The topological polar surface area (TPSA) is 43.8 Å². The fraction of sp³-hybridized carbons (Fsp3) is 0.235. The number of hydrogen-bond acceptors (Lipinski definition) is 2. The van der Waals surface area contributed by atoms with Gasteiger partial charge < -0.3 is 10.3 Å². The molecule has 0 unspecified atom stereocenters. The highest BCUT2D eigenvalue weighted by Gasteiger charge is 2.29. The Morgan fingerprint density at radius 3 is 2.62 bits per heavy atom. The third kappa shape index (κ3) is 2.44. The summed E-state index contributed by atoms with van der Waals surface area (Å²) in [5.74, 6) is 1.83. The minimum atomic E-state index is 0.620. The van der Waals surface area contributed by atoms with Crippen LogP contribution in [-0.2, 0) is 6.54 Å². The van der Waals surface area contributed by atoms with Crippen molar-refractivity contribution in [3.8, 4) is 0 Å². The number of nitrogens with two attached hydrogens (primary N) is 1. The molecule has 1 aliphatic rings. The van der Waals surface area contributed by atoms with Crippen LogP contribution in [0.2, 0.25) is 0 Å². The summed E-state index contributed by atoms with van der Waals surface area (Å²) in [5, 5.41) is 0. The molecule has 4 heteroatoms. The largest absolute Gasteiger partial charge is 0.399 e. The van der Waals surface area contributed by atoms with Gasteiger partial charge in [-0.2, -0.15) is 0 Å². The van der Waals surface area contributed by atoms with E-state index >= 15 is 0 Å². The van der Waals surface area contributed by atoms with Crippen LogP contribution in [0.1, 0.15) is 30.1 Å². The van der Waals surface area contributed by atoms with Gasteiger partial charge in [0, 0.05) is 22.6 Å². The highest BCUT2D eigenvalue weighted by Crippen LogP contribution is 2.41. The van der Waals surface area contributed by atoms with Gasteiger partial charge in [0.05, 0.1) is 11.0 Å². The molecular formula is C17H16BrN3. The van der Waals surface area contributed by atoms with Crippen LogP contribution < -0.4 is 5.73 Å². The Kier molecular flexibility index (Phi) is 3.00. The summed E-state index contributed by atoms with van der Waals surface area (Å²) >= 11 is 3.49. The summed E-state index contributed by atoms with van der Waals surface area (Å²) in [6, 6.07) is 14.5. The maximum atomic E-state index is 5.89. The smallest absolute Gasteiger partial charge is 0.113 e. The molecule has 0 amide bonds. The highest BCUT2D eigenvalue weighted by atomic mass is 79.9. The van der Waals surface area contributed by atoms with Gasteiger partial charge in [0.25, 0.3) is 0 Å². The summed E-state index contributed by atoms with van der Waals surface area (Å²) in [6.45, 7) is 0.861. The molecule has 1 fully saturated rings. The molecule has 21 heavy (non-hydrogen) atoms. The van der Waals surface area contributed by atoms with Crippen molar-refractivity contribution in [1.82, 2.24) is 9.55 Å². The second-order valence-corrected chi connectivity index (χ2v) is 6.62. The second kappa shape index (κ2) is 4.88. The zero-order chi connectivity index (χ0) is 14.4. The standard InChI is InChI=1S/C17H16BrN3/c18-13-5-1-11(2-6-13)10-21-16-8-7-14(19)9-15(16)20-17(21)12-3-4-12/h1-2,5-9,12H,3-4,10,19H2. The second-order valence-electron chi connectivity index (χ2n) is 5.71. The van der Waals surface area contributed by atoms with Crippen molar-refractivity contribution >= 4 is 32.7 Å². The summed E-state index contributed by atoms with van der Waals surface area (Å²) in [4.78, 5) is 4.82. The van der Waals surface area contributed by atoms with Gasteiger partial charge >= 0.3 is 0 Å². The van der Waals surface area contributed by atoms with E-state index in [4.69, 9.17) is 10.7 Å². The summed E-state index contributed by atoms with van der Waals surface area (Å²) in [5.41, 5.74) is 10.1. The number of fused-ring (bicyclic) bond motifs is 1. The minimum Gasteiger partial charge on any atom is -0.399 e. The van der Waals surface area contributed by atoms with Crippen LogP contribution in [0.15, 0.2) is 46.9 Å². The number of imidazole rings is 1. The van der Waals surface area contributed by atoms with Crippen LogP contribution in [0.5, 0.6) is 0 Å². The van der Waals surface area contributed by atoms with Crippen molar-refractivity contribution in [2.45, 2.75) is 25.3 Å². The number of nitrogens with zero attached hydrogens (tertiary/aromatic N) is 2. The SMILES string of the molecule is Nc1ccc2c(c1)nc(C1CC1)n2Cc1ccc(Br)cc1. The van der Waals surface area contributed by atoms with E-state index in [0.29, 0.717) is 5.92 Å². The molecule has 0 bridgehead atoms. The first kappa shape index (κ1) is 12.9. The molecule has 4 rings (SSSR count). The normalized spacial score (nSPS) is 14.7. The molecule has 1 saturated carbocycles. The lowest BCUT2D eigenvalue weighted by atomic mass is 10.2. The Labute approximate surface area is 131 Å². The van der Waals surface area contributed by atoms with E-state index < -0.39 is 0 Å². The van der Waals surface area contributed by atoms with Crippen LogP contribution in [0.25, 0.3) is 11.0 Å². The average Bonchev–Trinajstić information content (AvgIpc) is 3.25. The molecule has 0 atom stereocenters. The maximum Gasteiger partial charge on any atom is 0.113 e. The minimum absolute atomic E-state index is 0.620. The summed E-state index contributed by atoms with van der Waals surface area (Å²) in [7, 11) is 0. The molecule has 1 heterocycles. The molecule has 3 nitrogen and oxygen atoms in total. The van der Waals surface area contributed by atoms with Crippen LogP contribution in [0.3, 0.4) is 0 Å². The zero-order valence-corrected chi connectivity index (χ0v) is 13.2. The number of hydrogen-bond donors (Lipinski definition) is 1. The third-order valence-corrected chi connectivity index (χ3v) is 4.53. The van der Waals surface area contributed by atoms with Gasteiger partial charge in [0.2, 0.25) is 0 Å². The number of aromatic nitrogens is 2. The predicted octanol–water partition coefficient (Wildman–Crippen LogP) is 4.31. The first-order valence-electron chi connectivity index (χ1n) is 7.21. The van der Waals surface area contributed by atoms with E-state index in [1.54, 1.807) is 0 Å². The molecule has 0 radical (unpaired) electrons. The predicted molar refractivity (Wildman–Crippen MR) is 89.4 cm³/mol. The Morgan fingerprint density at radius 2 is 1.90 bits per heavy atom. The van der Waals surface area contributed by atoms with Crippen LogP contribution in [0.4, 0.5) is 5.69 Å². The Balaban J connectivity index is 1.81. The van der Waals surface area contributed by atoms with Crippen LogP contribution in [-0.4, -0.2) is 9.55 Å². The van der Waals surface area contributed by atoms with Crippen molar-refractivity contribution in [2.75, 3.05) is 5.73 Å². The van der Waals surface area contributed by atoms with E-state index in [-0.39, 0.29) is 0 Å². The number of rotatable bonds is 3. The van der Waals surface area contributed by atoms with E-state index in [0.717, 1.165) is 22.2 Å². The number of benzene rings is 2. The summed E-state index contributed by atoms with van der Waals surface area (Å²) < 4.78 is 3.45. The first-order chi connectivity index (χ1) is 10.2. The van der Waals surface area contributed by atoms with Gasteiger partial charge in [-0.1, -0.05) is 28.1 Å². The van der Waals surface area contributed by atoms with Gasteiger partial charge in [0.15, 0.2) is 0 Å². The molecule has 1 aliphatic carbocycles. The molecule has 0 spiro atoms. The van der Waals surface area contributed by atoms with Gasteiger partial charge in [-0.15, -0.1) is 0 Å². The van der Waals surface area contributed by atoms with Crippen molar-refractivity contribution in [1.29, 1.82) is 0 Å². The van der Waals surface area contributed by atoms with Crippen LogP contribution >= 0.6 is 15.9 Å². The highest BCUT2D eigenvalue weighted by molar-refractivity contribution is 9.10. The van der Waals surface area contributed by atoms with E-state index in [2.05, 4.69) is 50.8 Å². The van der Waals surface area contributed by atoms with E-state index in [1.807, 2.05) is 12.1 Å². The lowest BCUT2D eigenvalue weighted by Crippen LogP contribution is -2.04. The Hall–Kier alpha value is -1.81. The molecule has 1 aromatic heterocycles. The Morgan fingerprint density at radius 1 is 1.14 bits per heavy atom. The fourth-order valence-corrected chi connectivity index (χ4v) is 3.02. The van der Waals surface area contributed by atoms with Gasteiger partial charge in [-0.3, -0.25) is 0 Å². The number of halogens is 1. The van der Waals surface area contributed by atoms with E-state index in [9.17, 15) is 0 Å². The van der Waals surface area contributed by atoms with Crippen LogP contribution in [0, 0.1) is 0 Å². The molecule has 2 aromatic carbocycles. The maximum absolute atomic E-state index is 5.89. The molecule has 0 aliphatic heterocycles. The lowest BCUT2D eigenvalue weighted by molar-refractivity contribution is 0.747. The average molecular weight is 342 g/mol. The monoisotopic (exact) mass is 341 g/mol. The Bertz CT molecular complexity index is 801. The molecule has 0 saturated heterocycles. The van der Waals surface area contributed by atoms with Gasteiger partial charge in [0.1, 0.15) is 5.82 Å². The molecule has 3 aromatic rings. The van der Waals surface area contributed by atoms with Gasteiger partial charge in [-0.05, 0) is 48.7 Å². The van der Waals surface area contributed by atoms with Crippen molar-refractivity contribution < 1.29 is 0 Å². The van der Waals surface area contributed by atoms with Crippen molar-refractivity contribution in [2.24, 2.45) is 0 Å². The fourth-order valence-electron chi connectivity index (χ4n) is 2.76.